The molecule has 1 aromatic heterocycles. The summed E-state index contributed by atoms with van der Waals surface area (Å²) in [5.74, 6) is 0.838. The lowest BCUT2D eigenvalue weighted by molar-refractivity contribution is 0.0995. The number of amides is 2. The Balaban J connectivity index is 1.25. The summed E-state index contributed by atoms with van der Waals surface area (Å²) in [4.78, 5) is 23.2. The summed E-state index contributed by atoms with van der Waals surface area (Å²) in [5, 5.41) is 3.98. The SMILES string of the molecule is COc1ncc(C2NNC3CC4NC(=O)N(CCc5cccc(Cl)c5)CC4CC32)cn1. The van der Waals surface area contributed by atoms with Gasteiger partial charge in [-0.2, -0.15) is 0 Å². The summed E-state index contributed by atoms with van der Waals surface area (Å²) in [6, 6.07) is 8.92. The first-order valence-corrected chi connectivity index (χ1v) is 11.2. The molecule has 3 fully saturated rings. The number of ether oxygens (including phenoxy) is 1. The monoisotopic (exact) mass is 442 g/mol. The third kappa shape index (κ3) is 4.20. The predicted octanol–water partition coefficient (Wildman–Crippen LogP) is 2.32. The zero-order valence-electron chi connectivity index (χ0n) is 17.4. The van der Waals surface area contributed by atoms with Crippen LogP contribution in [0.25, 0.3) is 0 Å². The Morgan fingerprint density at radius 3 is 2.81 bits per heavy atom. The van der Waals surface area contributed by atoms with E-state index < -0.39 is 0 Å². The summed E-state index contributed by atoms with van der Waals surface area (Å²) in [5.41, 5.74) is 9.06. The third-order valence-electron chi connectivity index (χ3n) is 6.82. The van der Waals surface area contributed by atoms with Crippen LogP contribution in [-0.4, -0.2) is 53.2 Å². The molecule has 1 aliphatic carbocycles. The van der Waals surface area contributed by atoms with Crippen LogP contribution in [0.15, 0.2) is 36.7 Å². The smallest absolute Gasteiger partial charge is 0.317 e. The number of methoxy groups -OCH3 is 1. The van der Waals surface area contributed by atoms with Crippen LogP contribution in [0.2, 0.25) is 5.02 Å². The van der Waals surface area contributed by atoms with E-state index in [-0.39, 0.29) is 18.1 Å². The Morgan fingerprint density at radius 1 is 1.19 bits per heavy atom. The average Bonchev–Trinajstić information content (AvgIpc) is 3.19. The summed E-state index contributed by atoms with van der Waals surface area (Å²) < 4.78 is 5.08. The van der Waals surface area contributed by atoms with Gasteiger partial charge in [0.15, 0.2) is 0 Å². The highest BCUT2D eigenvalue weighted by molar-refractivity contribution is 6.30. The third-order valence-corrected chi connectivity index (χ3v) is 7.06. The van der Waals surface area contributed by atoms with Gasteiger partial charge in [0.2, 0.25) is 0 Å². The van der Waals surface area contributed by atoms with Crippen LogP contribution in [0.4, 0.5) is 4.79 Å². The van der Waals surface area contributed by atoms with Crippen LogP contribution in [-0.2, 0) is 6.42 Å². The van der Waals surface area contributed by atoms with E-state index in [0.29, 0.717) is 30.4 Å². The zero-order chi connectivity index (χ0) is 21.4. The van der Waals surface area contributed by atoms with Gasteiger partial charge in [-0.25, -0.2) is 20.2 Å². The average molecular weight is 443 g/mol. The molecule has 3 heterocycles. The molecule has 1 aromatic carbocycles. The molecule has 9 heteroatoms. The number of carbonyl (C=O) groups is 1. The Morgan fingerprint density at radius 2 is 2.03 bits per heavy atom. The van der Waals surface area contributed by atoms with Crippen LogP contribution < -0.4 is 20.9 Å². The lowest BCUT2D eigenvalue weighted by atomic mass is 9.71. The minimum Gasteiger partial charge on any atom is -0.467 e. The first-order valence-electron chi connectivity index (χ1n) is 10.8. The zero-order valence-corrected chi connectivity index (χ0v) is 18.2. The molecule has 0 bridgehead atoms. The van der Waals surface area contributed by atoms with E-state index in [1.54, 1.807) is 7.11 Å². The van der Waals surface area contributed by atoms with Gasteiger partial charge in [0, 0.05) is 48.2 Å². The number of hydrogen-bond donors (Lipinski definition) is 3. The van der Waals surface area contributed by atoms with Crippen molar-refractivity contribution in [2.45, 2.75) is 37.4 Å². The molecule has 2 aromatic rings. The Kier molecular flexibility index (Phi) is 5.69. The Hall–Kier alpha value is -2.42. The molecular weight excluding hydrogens is 416 g/mol. The standard InChI is InChI=1S/C22H27ClN6O2/c1-31-21-24-10-15(11-25-21)20-17-8-14-12-29(6-5-13-3-2-4-16(23)7-13)22(30)26-18(14)9-19(17)27-28-20/h2-4,7,10-11,14,17-20,27-28H,5-6,8-9,12H2,1H3,(H,26,30). The van der Waals surface area contributed by atoms with Gasteiger partial charge >= 0.3 is 12.0 Å². The quantitative estimate of drug-likeness (QED) is 0.658. The molecular formula is C22H27ClN6O2. The van der Waals surface area contributed by atoms with E-state index >= 15 is 0 Å². The molecule has 3 aliphatic rings. The lowest BCUT2D eigenvalue weighted by Crippen LogP contribution is -2.61. The van der Waals surface area contributed by atoms with Crippen molar-refractivity contribution in [1.29, 1.82) is 0 Å². The highest BCUT2D eigenvalue weighted by atomic mass is 35.5. The van der Waals surface area contributed by atoms with Crippen molar-refractivity contribution in [3.8, 4) is 6.01 Å². The fourth-order valence-corrected chi connectivity index (χ4v) is 5.44. The number of nitrogens with zero attached hydrogens (tertiary/aromatic N) is 3. The van der Waals surface area contributed by atoms with Crippen molar-refractivity contribution in [3.63, 3.8) is 0 Å². The predicted molar refractivity (Wildman–Crippen MR) is 117 cm³/mol. The van der Waals surface area contributed by atoms with E-state index in [9.17, 15) is 4.79 Å². The fraction of sp³-hybridized carbons (Fsp3) is 0.500. The van der Waals surface area contributed by atoms with Gasteiger partial charge in [-0.15, -0.1) is 0 Å². The lowest BCUT2D eigenvalue weighted by Gasteiger charge is -2.45. The molecule has 5 unspecified atom stereocenters. The number of rotatable bonds is 5. The number of urea groups is 1. The van der Waals surface area contributed by atoms with Gasteiger partial charge in [0.1, 0.15) is 0 Å². The van der Waals surface area contributed by atoms with E-state index in [1.807, 2.05) is 35.5 Å². The number of aromatic nitrogens is 2. The fourth-order valence-electron chi connectivity index (χ4n) is 5.22. The van der Waals surface area contributed by atoms with Crippen molar-refractivity contribution < 1.29 is 9.53 Å². The second-order valence-corrected chi connectivity index (χ2v) is 9.09. The van der Waals surface area contributed by atoms with Crippen LogP contribution in [0.5, 0.6) is 6.01 Å². The topological polar surface area (TPSA) is 91.4 Å². The molecule has 3 N–H and O–H groups in total. The molecule has 1 saturated carbocycles. The van der Waals surface area contributed by atoms with Crippen LogP contribution in [0.1, 0.15) is 30.0 Å². The summed E-state index contributed by atoms with van der Waals surface area (Å²) in [6.45, 7) is 1.47. The normalized spacial score (nSPS) is 29.8. The van der Waals surface area contributed by atoms with Gasteiger partial charge < -0.3 is 15.0 Å². The molecule has 2 saturated heterocycles. The summed E-state index contributed by atoms with van der Waals surface area (Å²) in [7, 11) is 1.57. The van der Waals surface area contributed by atoms with Crippen LogP contribution in [0, 0.1) is 11.8 Å². The second-order valence-electron chi connectivity index (χ2n) is 8.65. The maximum atomic E-state index is 12.7. The number of hydrazine groups is 1. The molecule has 31 heavy (non-hydrogen) atoms. The van der Waals surface area contributed by atoms with Crippen molar-refractivity contribution in [1.82, 2.24) is 31.0 Å². The molecule has 5 rings (SSSR count). The highest BCUT2D eigenvalue weighted by Crippen LogP contribution is 2.41. The number of carbonyl (C=O) groups excluding carboxylic acids is 1. The van der Waals surface area contributed by atoms with E-state index in [0.717, 1.165) is 42.0 Å². The molecule has 5 atom stereocenters. The summed E-state index contributed by atoms with van der Waals surface area (Å²) in [6.07, 6.45) is 6.41. The van der Waals surface area contributed by atoms with E-state index in [1.165, 1.54) is 0 Å². The largest absolute Gasteiger partial charge is 0.467 e. The molecule has 2 amide bonds. The van der Waals surface area contributed by atoms with Gasteiger partial charge in [0.05, 0.1) is 13.2 Å². The summed E-state index contributed by atoms with van der Waals surface area (Å²) >= 11 is 6.10. The Labute approximate surface area is 186 Å². The van der Waals surface area contributed by atoms with Crippen LogP contribution in [0.3, 0.4) is 0 Å². The Bertz CT molecular complexity index is 942. The van der Waals surface area contributed by atoms with Crippen molar-refractivity contribution in [3.05, 3.63) is 52.8 Å². The van der Waals surface area contributed by atoms with Gasteiger partial charge in [-0.3, -0.25) is 5.43 Å². The first kappa shape index (κ1) is 20.5. The van der Waals surface area contributed by atoms with Gasteiger partial charge in [-0.05, 0) is 48.8 Å². The highest BCUT2D eigenvalue weighted by Gasteiger charge is 2.47. The van der Waals surface area contributed by atoms with Crippen molar-refractivity contribution in [2.24, 2.45) is 11.8 Å². The van der Waals surface area contributed by atoms with E-state index in [4.69, 9.17) is 16.3 Å². The number of hydrogen-bond acceptors (Lipinski definition) is 6. The van der Waals surface area contributed by atoms with Gasteiger partial charge in [-0.1, -0.05) is 23.7 Å². The minimum atomic E-state index is 0.0350. The molecule has 0 spiro atoms. The van der Waals surface area contributed by atoms with E-state index in [2.05, 4.69) is 32.2 Å². The maximum absolute atomic E-state index is 12.7. The first-order chi connectivity index (χ1) is 15.1. The van der Waals surface area contributed by atoms with Gasteiger partial charge in [0.25, 0.3) is 0 Å². The van der Waals surface area contributed by atoms with Crippen LogP contribution >= 0.6 is 11.6 Å². The number of halogens is 1. The maximum Gasteiger partial charge on any atom is 0.317 e. The minimum absolute atomic E-state index is 0.0350. The molecule has 164 valence electrons. The number of fused-ring (bicyclic) bond motifs is 2. The number of nitrogens with one attached hydrogen (secondary N) is 3. The molecule has 8 nitrogen and oxygen atoms in total. The molecule has 2 aliphatic heterocycles. The molecule has 0 radical (unpaired) electrons. The van der Waals surface area contributed by atoms with Crippen molar-refractivity contribution in [2.75, 3.05) is 20.2 Å². The van der Waals surface area contributed by atoms with Crippen molar-refractivity contribution >= 4 is 17.6 Å². The second kappa shape index (κ2) is 8.61. The number of benzene rings is 1.